The van der Waals surface area contributed by atoms with E-state index < -0.39 is 0 Å². The smallest absolute Gasteiger partial charge is 0.319 e. The van der Waals surface area contributed by atoms with Crippen LogP contribution in [0.15, 0.2) is 29.2 Å². The van der Waals surface area contributed by atoms with Gasteiger partial charge in [-0.2, -0.15) is 0 Å². The monoisotopic (exact) mass is 309 g/mol. The molecule has 3 nitrogen and oxygen atoms in total. The highest BCUT2D eigenvalue weighted by molar-refractivity contribution is 8.00. The van der Waals surface area contributed by atoms with Gasteiger partial charge in [0.25, 0.3) is 0 Å². The van der Waals surface area contributed by atoms with Gasteiger partial charge in [-0.1, -0.05) is 39.3 Å². The zero-order chi connectivity index (χ0) is 15.7. The lowest BCUT2D eigenvalue weighted by atomic mass is 10.2. The molecular formula is C17H27NO2S. The molecule has 0 spiro atoms. The molecule has 0 aliphatic heterocycles. The second-order valence-electron chi connectivity index (χ2n) is 5.33. The minimum atomic E-state index is -0.108. The molecule has 0 bridgehead atoms. The molecule has 4 heteroatoms. The summed E-state index contributed by atoms with van der Waals surface area (Å²) in [4.78, 5) is 13.1. The molecule has 0 fully saturated rings. The van der Waals surface area contributed by atoms with Crippen molar-refractivity contribution in [3.63, 3.8) is 0 Å². The Morgan fingerprint density at radius 1 is 1.33 bits per heavy atom. The van der Waals surface area contributed by atoms with Gasteiger partial charge in [0, 0.05) is 17.5 Å². The second-order valence-corrected chi connectivity index (χ2v) is 6.61. The van der Waals surface area contributed by atoms with Crippen molar-refractivity contribution in [3.05, 3.63) is 29.8 Å². The molecular weight excluding hydrogens is 282 g/mol. The summed E-state index contributed by atoms with van der Waals surface area (Å²) in [5.41, 5.74) is 1.24. The summed E-state index contributed by atoms with van der Waals surface area (Å²) in [6, 6.07) is 8.84. The van der Waals surface area contributed by atoms with Crippen molar-refractivity contribution in [2.24, 2.45) is 0 Å². The zero-order valence-electron chi connectivity index (χ0n) is 13.5. The zero-order valence-corrected chi connectivity index (χ0v) is 14.3. The molecule has 1 atom stereocenters. The molecule has 0 saturated carbocycles. The summed E-state index contributed by atoms with van der Waals surface area (Å²) < 4.78 is 5.17. The number of thioether (sulfide) groups is 1. The highest BCUT2D eigenvalue weighted by Gasteiger charge is 2.20. The van der Waals surface area contributed by atoms with Crippen molar-refractivity contribution >= 4 is 17.7 Å². The van der Waals surface area contributed by atoms with Crippen LogP contribution < -0.4 is 5.32 Å². The molecule has 0 amide bonds. The summed E-state index contributed by atoms with van der Waals surface area (Å²) in [5.74, 6) is -0.102. The standard InChI is InChI=1S/C17H27NO2S/c1-5-8-16(17(19)20-6-2)21-15-10-7-9-14(11-15)12-18-13(3)4/h7,9-11,13,16,18H,5-6,8,12H2,1-4H3. The highest BCUT2D eigenvalue weighted by Crippen LogP contribution is 2.28. The first-order chi connectivity index (χ1) is 10.1. The van der Waals surface area contributed by atoms with Gasteiger partial charge in [0.05, 0.1) is 6.61 Å². The largest absolute Gasteiger partial charge is 0.465 e. The number of carbonyl (C=O) groups is 1. The average molecular weight is 309 g/mol. The maximum absolute atomic E-state index is 12.0. The lowest BCUT2D eigenvalue weighted by molar-refractivity contribution is -0.142. The normalized spacial score (nSPS) is 12.4. The van der Waals surface area contributed by atoms with Crippen LogP contribution in [0.1, 0.15) is 46.1 Å². The predicted octanol–water partition coefficient (Wildman–Crippen LogP) is 4.01. The Morgan fingerprint density at radius 2 is 2.10 bits per heavy atom. The number of benzene rings is 1. The fourth-order valence-electron chi connectivity index (χ4n) is 1.94. The number of hydrogen-bond acceptors (Lipinski definition) is 4. The summed E-state index contributed by atoms with van der Waals surface area (Å²) in [7, 11) is 0. The quantitative estimate of drug-likeness (QED) is 0.552. The Balaban J connectivity index is 2.69. The summed E-state index contributed by atoms with van der Waals surface area (Å²) in [6.07, 6.45) is 1.82. The van der Waals surface area contributed by atoms with Gasteiger partial charge in [0.1, 0.15) is 5.25 Å². The van der Waals surface area contributed by atoms with Crippen LogP contribution in [-0.4, -0.2) is 23.9 Å². The van der Waals surface area contributed by atoms with Crippen LogP contribution in [-0.2, 0) is 16.1 Å². The maximum Gasteiger partial charge on any atom is 0.319 e. The fourth-order valence-corrected chi connectivity index (χ4v) is 3.16. The Labute approximate surface area is 132 Å². The number of rotatable bonds is 9. The molecule has 0 saturated heterocycles. The van der Waals surface area contributed by atoms with E-state index in [0.717, 1.165) is 24.3 Å². The van der Waals surface area contributed by atoms with Crippen LogP contribution in [0.2, 0.25) is 0 Å². The molecule has 0 aliphatic rings. The number of esters is 1. The van der Waals surface area contributed by atoms with E-state index in [1.807, 2.05) is 13.0 Å². The van der Waals surface area contributed by atoms with E-state index >= 15 is 0 Å². The van der Waals surface area contributed by atoms with Gasteiger partial charge in [-0.25, -0.2) is 0 Å². The summed E-state index contributed by atoms with van der Waals surface area (Å²) in [5, 5.41) is 3.30. The molecule has 21 heavy (non-hydrogen) atoms. The van der Waals surface area contributed by atoms with Crippen molar-refractivity contribution in [2.75, 3.05) is 6.61 Å². The predicted molar refractivity (Wildman–Crippen MR) is 89.6 cm³/mol. The summed E-state index contributed by atoms with van der Waals surface area (Å²) >= 11 is 1.61. The van der Waals surface area contributed by atoms with Crippen molar-refractivity contribution in [1.82, 2.24) is 5.32 Å². The van der Waals surface area contributed by atoms with Gasteiger partial charge in [-0.15, -0.1) is 11.8 Å². The molecule has 1 N–H and O–H groups in total. The molecule has 0 aliphatic carbocycles. The first-order valence-corrected chi connectivity index (χ1v) is 8.60. The van der Waals surface area contributed by atoms with E-state index in [1.165, 1.54) is 5.56 Å². The minimum absolute atomic E-state index is 0.102. The van der Waals surface area contributed by atoms with Gasteiger partial charge in [0.2, 0.25) is 0 Å². The van der Waals surface area contributed by atoms with Gasteiger partial charge >= 0.3 is 5.97 Å². The minimum Gasteiger partial charge on any atom is -0.465 e. The second kappa shape index (κ2) is 9.85. The van der Waals surface area contributed by atoms with Gasteiger partial charge < -0.3 is 10.1 Å². The van der Waals surface area contributed by atoms with Crippen LogP contribution in [0.3, 0.4) is 0 Å². The molecule has 118 valence electrons. The molecule has 1 aromatic rings. The van der Waals surface area contributed by atoms with Gasteiger partial charge in [-0.3, -0.25) is 4.79 Å². The molecule has 1 rings (SSSR count). The van der Waals surface area contributed by atoms with E-state index in [-0.39, 0.29) is 11.2 Å². The van der Waals surface area contributed by atoms with Crippen molar-refractivity contribution in [1.29, 1.82) is 0 Å². The van der Waals surface area contributed by atoms with Crippen LogP contribution in [0, 0.1) is 0 Å². The third-order valence-electron chi connectivity index (χ3n) is 2.99. The summed E-state index contributed by atoms with van der Waals surface area (Å²) in [6.45, 7) is 9.51. The lowest BCUT2D eigenvalue weighted by Crippen LogP contribution is -2.22. The number of hydrogen-bond donors (Lipinski definition) is 1. The van der Waals surface area contributed by atoms with Crippen LogP contribution in [0.25, 0.3) is 0 Å². The SMILES string of the molecule is CCCC(Sc1cccc(CNC(C)C)c1)C(=O)OCC. The molecule has 0 radical (unpaired) electrons. The Kier molecular flexibility index (Phi) is 8.47. The van der Waals surface area contributed by atoms with E-state index in [9.17, 15) is 4.79 Å². The molecule has 0 heterocycles. The first-order valence-electron chi connectivity index (χ1n) is 7.72. The van der Waals surface area contributed by atoms with Crippen molar-refractivity contribution < 1.29 is 9.53 Å². The molecule has 1 unspecified atom stereocenters. The van der Waals surface area contributed by atoms with Gasteiger partial charge in [0.15, 0.2) is 0 Å². The Morgan fingerprint density at radius 3 is 2.71 bits per heavy atom. The lowest BCUT2D eigenvalue weighted by Gasteiger charge is -2.15. The fraction of sp³-hybridized carbons (Fsp3) is 0.588. The Bertz CT molecular complexity index is 435. The third-order valence-corrected chi connectivity index (χ3v) is 4.23. The van der Waals surface area contributed by atoms with Crippen LogP contribution in [0.4, 0.5) is 0 Å². The number of carbonyl (C=O) groups excluding carboxylic acids is 1. The van der Waals surface area contributed by atoms with Crippen LogP contribution >= 0.6 is 11.8 Å². The van der Waals surface area contributed by atoms with E-state index in [1.54, 1.807) is 11.8 Å². The number of ether oxygens (including phenoxy) is 1. The van der Waals surface area contributed by atoms with E-state index in [4.69, 9.17) is 4.74 Å². The topological polar surface area (TPSA) is 38.3 Å². The van der Waals surface area contributed by atoms with Crippen molar-refractivity contribution in [2.45, 2.75) is 63.3 Å². The molecule has 0 aromatic heterocycles. The Hall–Kier alpha value is -1.00. The van der Waals surface area contributed by atoms with Crippen molar-refractivity contribution in [3.8, 4) is 0 Å². The van der Waals surface area contributed by atoms with E-state index in [0.29, 0.717) is 12.6 Å². The highest BCUT2D eigenvalue weighted by atomic mass is 32.2. The average Bonchev–Trinajstić information content (AvgIpc) is 2.45. The molecule has 1 aromatic carbocycles. The van der Waals surface area contributed by atoms with Gasteiger partial charge in [-0.05, 0) is 31.0 Å². The first kappa shape index (κ1) is 18.1. The maximum atomic E-state index is 12.0. The van der Waals surface area contributed by atoms with Crippen LogP contribution in [0.5, 0.6) is 0 Å². The third kappa shape index (κ3) is 7.00. The van der Waals surface area contributed by atoms with E-state index in [2.05, 4.69) is 44.3 Å². The number of nitrogens with one attached hydrogen (secondary N) is 1.